The third kappa shape index (κ3) is 4.43. The van der Waals surface area contributed by atoms with Gasteiger partial charge < -0.3 is 5.32 Å². The lowest BCUT2D eigenvalue weighted by Gasteiger charge is -2.09. The monoisotopic (exact) mass is 368 g/mol. The second kappa shape index (κ2) is 8.22. The number of nitrogens with one attached hydrogen (secondary N) is 1. The van der Waals surface area contributed by atoms with Crippen LogP contribution in [0.25, 0.3) is 11.4 Å². The van der Waals surface area contributed by atoms with Gasteiger partial charge >= 0.3 is 0 Å². The Hall–Kier alpha value is -3.25. The highest BCUT2D eigenvalue weighted by Gasteiger charge is 2.11. The van der Waals surface area contributed by atoms with Crippen molar-refractivity contribution in [2.24, 2.45) is 0 Å². The Morgan fingerprint density at radius 2 is 2.00 bits per heavy atom. The van der Waals surface area contributed by atoms with Gasteiger partial charge in [0.25, 0.3) is 0 Å². The third-order valence-corrected chi connectivity index (χ3v) is 4.23. The Kier molecular flexibility index (Phi) is 5.56. The van der Waals surface area contributed by atoms with E-state index in [-0.39, 0.29) is 18.3 Å². The number of nitrogens with zero attached hydrogens (tertiary/aromatic N) is 5. The predicted octanol–water partition coefficient (Wildman–Crippen LogP) is 2.73. The van der Waals surface area contributed by atoms with Crippen LogP contribution in [0.2, 0.25) is 0 Å². The number of halogens is 1. The zero-order valence-corrected chi connectivity index (χ0v) is 14.3. The minimum absolute atomic E-state index is 0.120. The molecule has 1 N–H and O–H groups in total. The Morgan fingerprint density at radius 3 is 2.77 bits per heavy atom. The van der Waals surface area contributed by atoms with Gasteiger partial charge in [-0.15, -0.1) is 22.0 Å². The number of rotatable bonds is 6. The number of carbonyl (C=O) groups excluding carboxylic acids is 1. The fourth-order valence-electron chi connectivity index (χ4n) is 2.15. The van der Waals surface area contributed by atoms with Crippen molar-refractivity contribution in [3.63, 3.8) is 0 Å². The fraction of sp³-hybridized carbons (Fsp3) is 0.118. The molecule has 0 unspecified atom stereocenters. The molecule has 0 aliphatic carbocycles. The molecule has 3 rings (SSSR count). The number of tetrazole rings is 1. The van der Waals surface area contributed by atoms with Crippen LogP contribution in [0.5, 0.6) is 0 Å². The Balaban J connectivity index is 1.66. The van der Waals surface area contributed by atoms with Gasteiger partial charge in [0.15, 0.2) is 0 Å². The number of para-hydroxylation sites is 1. The predicted molar refractivity (Wildman–Crippen MR) is 94.6 cm³/mol. The average Bonchev–Trinajstić information content (AvgIpc) is 3.10. The van der Waals surface area contributed by atoms with Crippen molar-refractivity contribution >= 4 is 23.4 Å². The first-order valence-corrected chi connectivity index (χ1v) is 8.56. The van der Waals surface area contributed by atoms with E-state index in [4.69, 9.17) is 5.26 Å². The quantitative estimate of drug-likeness (QED) is 0.672. The molecular weight excluding hydrogens is 355 g/mol. The first kappa shape index (κ1) is 17.6. The Labute approximate surface area is 152 Å². The summed E-state index contributed by atoms with van der Waals surface area (Å²) in [5.74, 6) is -0.0762. The van der Waals surface area contributed by atoms with Crippen LogP contribution in [0.15, 0.2) is 53.4 Å². The number of hydrogen-bond acceptors (Lipinski definition) is 6. The summed E-state index contributed by atoms with van der Waals surface area (Å²) in [6, 6.07) is 15.0. The lowest BCUT2D eigenvalue weighted by atomic mass is 10.2. The van der Waals surface area contributed by atoms with Gasteiger partial charge in [0.1, 0.15) is 12.4 Å². The molecule has 0 aliphatic heterocycles. The van der Waals surface area contributed by atoms with E-state index in [1.807, 2.05) is 12.1 Å². The highest BCUT2D eigenvalue weighted by molar-refractivity contribution is 7.99. The number of amides is 1. The van der Waals surface area contributed by atoms with E-state index in [9.17, 15) is 9.18 Å². The second-order valence-electron chi connectivity index (χ2n) is 5.14. The molecule has 1 heterocycles. The van der Waals surface area contributed by atoms with Gasteiger partial charge in [-0.1, -0.05) is 12.1 Å². The molecule has 0 spiro atoms. The summed E-state index contributed by atoms with van der Waals surface area (Å²) >= 11 is 1.34. The molecule has 130 valence electrons. The first-order valence-electron chi connectivity index (χ1n) is 7.58. The molecule has 0 saturated heterocycles. The van der Waals surface area contributed by atoms with E-state index >= 15 is 0 Å². The summed E-state index contributed by atoms with van der Waals surface area (Å²) in [7, 11) is 0. The number of hydrogen-bond donors (Lipinski definition) is 1. The fourth-order valence-corrected chi connectivity index (χ4v) is 2.82. The van der Waals surface area contributed by atoms with Crippen LogP contribution in [0.3, 0.4) is 0 Å². The molecule has 0 saturated carbocycles. The smallest absolute Gasteiger partial charge is 0.248 e. The number of anilines is 1. The summed E-state index contributed by atoms with van der Waals surface area (Å²) in [4.78, 5) is 14.2. The maximum absolute atomic E-state index is 13.0. The van der Waals surface area contributed by atoms with Crippen molar-refractivity contribution in [1.82, 2.24) is 20.2 Å². The van der Waals surface area contributed by atoms with Crippen molar-refractivity contribution in [1.29, 1.82) is 5.26 Å². The van der Waals surface area contributed by atoms with Crippen molar-refractivity contribution in [2.45, 2.75) is 11.4 Å². The third-order valence-electron chi connectivity index (χ3n) is 3.29. The van der Waals surface area contributed by atoms with Crippen LogP contribution in [0.4, 0.5) is 10.1 Å². The van der Waals surface area contributed by atoms with Gasteiger partial charge in [0.05, 0.1) is 17.5 Å². The van der Waals surface area contributed by atoms with Crippen LogP contribution < -0.4 is 5.32 Å². The van der Waals surface area contributed by atoms with E-state index < -0.39 is 0 Å². The minimum atomic E-state index is -0.353. The summed E-state index contributed by atoms with van der Waals surface area (Å²) in [5, 5.41) is 23.3. The number of aromatic nitrogens is 4. The van der Waals surface area contributed by atoms with Crippen molar-refractivity contribution in [3.05, 3.63) is 54.3 Å². The zero-order chi connectivity index (χ0) is 18.4. The SMILES string of the molecule is N#CCSc1ccccc1NC(=O)Cn1nnc(-c2ccc(F)cc2)n1. The van der Waals surface area contributed by atoms with Gasteiger partial charge in [-0.2, -0.15) is 10.1 Å². The van der Waals surface area contributed by atoms with Crippen LogP contribution >= 0.6 is 11.8 Å². The molecule has 3 aromatic rings. The largest absolute Gasteiger partial charge is 0.323 e. The minimum Gasteiger partial charge on any atom is -0.323 e. The van der Waals surface area contributed by atoms with Crippen molar-refractivity contribution < 1.29 is 9.18 Å². The van der Waals surface area contributed by atoms with Crippen LogP contribution in [-0.2, 0) is 11.3 Å². The standard InChI is InChI=1S/C17H13FN6OS/c18-13-7-5-12(6-8-13)17-21-23-24(22-17)11-16(25)20-14-3-1-2-4-15(14)26-10-9-19/h1-8H,10-11H2,(H,20,25). The highest BCUT2D eigenvalue weighted by Crippen LogP contribution is 2.26. The molecule has 1 aromatic heterocycles. The van der Waals surface area contributed by atoms with Gasteiger partial charge in [-0.25, -0.2) is 4.39 Å². The zero-order valence-electron chi connectivity index (χ0n) is 13.5. The maximum atomic E-state index is 13.0. The Morgan fingerprint density at radius 1 is 1.23 bits per heavy atom. The second-order valence-corrected chi connectivity index (χ2v) is 6.16. The summed E-state index contributed by atoms with van der Waals surface area (Å²) < 4.78 is 13.0. The van der Waals surface area contributed by atoms with Gasteiger partial charge in [-0.05, 0) is 41.6 Å². The van der Waals surface area contributed by atoms with Crippen LogP contribution in [0.1, 0.15) is 0 Å². The summed E-state index contributed by atoms with van der Waals surface area (Å²) in [5.41, 5.74) is 1.23. The molecule has 0 radical (unpaired) electrons. The number of thioether (sulfide) groups is 1. The molecule has 0 aliphatic rings. The molecule has 0 atom stereocenters. The average molecular weight is 368 g/mol. The number of carbonyl (C=O) groups is 1. The highest BCUT2D eigenvalue weighted by atomic mass is 32.2. The summed E-state index contributed by atoms with van der Waals surface area (Å²) in [6.45, 7) is -0.120. The topological polar surface area (TPSA) is 96.5 Å². The molecule has 2 aromatic carbocycles. The van der Waals surface area contributed by atoms with E-state index in [0.29, 0.717) is 22.8 Å². The molecular formula is C17H13FN6OS. The number of benzene rings is 2. The molecule has 26 heavy (non-hydrogen) atoms. The number of nitriles is 1. The summed E-state index contributed by atoms with van der Waals surface area (Å²) in [6.07, 6.45) is 0. The van der Waals surface area contributed by atoms with E-state index in [1.165, 1.54) is 28.7 Å². The lowest BCUT2D eigenvalue weighted by molar-refractivity contribution is -0.117. The molecule has 9 heteroatoms. The van der Waals surface area contributed by atoms with Crippen LogP contribution in [0, 0.1) is 17.1 Å². The van der Waals surface area contributed by atoms with Gasteiger partial charge in [0.2, 0.25) is 11.7 Å². The lowest BCUT2D eigenvalue weighted by Crippen LogP contribution is -2.20. The molecule has 0 bridgehead atoms. The Bertz CT molecular complexity index is 950. The van der Waals surface area contributed by atoms with Crippen molar-refractivity contribution in [3.8, 4) is 17.5 Å². The molecule has 7 nitrogen and oxygen atoms in total. The first-order chi connectivity index (χ1) is 12.7. The maximum Gasteiger partial charge on any atom is 0.248 e. The molecule has 1 amide bonds. The van der Waals surface area contributed by atoms with Gasteiger partial charge in [0, 0.05) is 10.5 Å². The van der Waals surface area contributed by atoms with E-state index in [2.05, 4.69) is 26.8 Å². The van der Waals surface area contributed by atoms with Gasteiger partial charge in [-0.3, -0.25) is 4.79 Å². The van der Waals surface area contributed by atoms with E-state index in [1.54, 1.807) is 24.3 Å². The normalized spacial score (nSPS) is 10.3. The molecule has 0 fully saturated rings. The van der Waals surface area contributed by atoms with Crippen LogP contribution in [-0.4, -0.2) is 31.9 Å². The van der Waals surface area contributed by atoms with E-state index in [0.717, 1.165) is 4.90 Å². The van der Waals surface area contributed by atoms with Crippen molar-refractivity contribution in [2.75, 3.05) is 11.1 Å².